The molecule has 0 unspecified atom stereocenters. The normalized spacial score (nSPS) is 15.6. The van der Waals surface area contributed by atoms with Gasteiger partial charge in [0.25, 0.3) is 0 Å². The standard InChI is InChI=1S/C28H21ClN4O/c1-18-9-11-19(12-10-18)24-17-25(26-8-5-15-34-26)33(32-24)28-30-23-14-13-21(29)16-22(23)27(31-28)20-6-3-2-4-7-20/h2-16,25H,17H2,1H3/t25-/m1/s1. The molecule has 0 bridgehead atoms. The second-order valence-corrected chi connectivity index (χ2v) is 8.83. The number of fused-ring (bicyclic) bond motifs is 1. The summed E-state index contributed by atoms with van der Waals surface area (Å²) in [6.45, 7) is 2.08. The van der Waals surface area contributed by atoms with Crippen LogP contribution in [-0.2, 0) is 0 Å². The van der Waals surface area contributed by atoms with E-state index in [1.807, 2.05) is 65.7 Å². The van der Waals surface area contributed by atoms with Crippen molar-refractivity contribution in [3.05, 3.63) is 113 Å². The summed E-state index contributed by atoms with van der Waals surface area (Å²) in [5.74, 6) is 1.35. The highest BCUT2D eigenvalue weighted by atomic mass is 35.5. The average molecular weight is 465 g/mol. The molecule has 166 valence electrons. The van der Waals surface area contributed by atoms with Gasteiger partial charge in [-0.15, -0.1) is 0 Å². The molecule has 0 fully saturated rings. The SMILES string of the molecule is Cc1ccc(C2=NN(c3nc(-c4ccccc4)c4cc(Cl)ccc4n3)[C@@H](c3ccco3)C2)cc1. The zero-order valence-corrected chi connectivity index (χ0v) is 19.3. The highest BCUT2D eigenvalue weighted by molar-refractivity contribution is 6.31. The van der Waals surface area contributed by atoms with E-state index in [2.05, 4.69) is 31.2 Å². The molecule has 1 aliphatic rings. The first-order chi connectivity index (χ1) is 16.7. The van der Waals surface area contributed by atoms with Crippen LogP contribution >= 0.6 is 11.6 Å². The minimum absolute atomic E-state index is 0.139. The number of furan rings is 1. The van der Waals surface area contributed by atoms with E-state index in [9.17, 15) is 0 Å². The van der Waals surface area contributed by atoms with Crippen molar-refractivity contribution in [3.63, 3.8) is 0 Å². The molecule has 2 aromatic heterocycles. The monoisotopic (exact) mass is 464 g/mol. The molecule has 0 spiro atoms. The van der Waals surface area contributed by atoms with E-state index in [1.54, 1.807) is 6.26 Å². The summed E-state index contributed by atoms with van der Waals surface area (Å²) in [7, 11) is 0. The van der Waals surface area contributed by atoms with Gasteiger partial charge in [0.1, 0.15) is 11.8 Å². The first-order valence-corrected chi connectivity index (χ1v) is 11.5. The predicted octanol–water partition coefficient (Wildman–Crippen LogP) is 7.21. The van der Waals surface area contributed by atoms with Gasteiger partial charge >= 0.3 is 0 Å². The van der Waals surface area contributed by atoms with Crippen molar-refractivity contribution in [1.29, 1.82) is 0 Å². The van der Waals surface area contributed by atoms with Crippen molar-refractivity contribution in [2.75, 3.05) is 5.01 Å². The highest BCUT2D eigenvalue weighted by Gasteiger charge is 2.34. The Labute approximate surface area is 202 Å². The molecule has 0 saturated carbocycles. The number of aromatic nitrogens is 2. The maximum absolute atomic E-state index is 6.33. The second kappa shape index (κ2) is 8.43. The Bertz CT molecular complexity index is 1500. The summed E-state index contributed by atoms with van der Waals surface area (Å²) < 4.78 is 5.80. The summed E-state index contributed by atoms with van der Waals surface area (Å²) in [6.07, 6.45) is 2.38. The lowest BCUT2D eigenvalue weighted by molar-refractivity contribution is 0.463. The van der Waals surface area contributed by atoms with Gasteiger partial charge in [0.05, 0.1) is 23.2 Å². The molecule has 34 heavy (non-hydrogen) atoms. The van der Waals surface area contributed by atoms with Gasteiger partial charge in [-0.25, -0.2) is 15.0 Å². The van der Waals surface area contributed by atoms with Gasteiger partial charge in [-0.3, -0.25) is 0 Å². The summed E-state index contributed by atoms with van der Waals surface area (Å²) in [6, 6.07) is 27.9. The topological polar surface area (TPSA) is 54.5 Å². The Kier molecular flexibility index (Phi) is 5.12. The van der Waals surface area contributed by atoms with E-state index in [1.165, 1.54) is 5.56 Å². The van der Waals surface area contributed by atoms with E-state index < -0.39 is 0 Å². The Balaban J connectivity index is 1.53. The van der Waals surface area contributed by atoms with Crippen LogP contribution in [0.1, 0.15) is 29.3 Å². The molecule has 0 N–H and O–H groups in total. The number of halogens is 1. The molecule has 0 radical (unpaired) electrons. The molecule has 6 heteroatoms. The molecule has 1 atom stereocenters. The van der Waals surface area contributed by atoms with Crippen molar-refractivity contribution < 1.29 is 4.42 Å². The third-order valence-electron chi connectivity index (χ3n) is 6.06. The van der Waals surface area contributed by atoms with Crippen LogP contribution in [0.2, 0.25) is 5.02 Å². The van der Waals surface area contributed by atoms with Crippen LogP contribution in [0, 0.1) is 6.92 Å². The fraction of sp³-hybridized carbons (Fsp3) is 0.107. The molecule has 6 rings (SSSR count). The summed E-state index contributed by atoms with van der Waals surface area (Å²) >= 11 is 6.33. The van der Waals surface area contributed by atoms with Gasteiger partial charge in [0, 0.05) is 22.4 Å². The van der Waals surface area contributed by atoms with E-state index >= 15 is 0 Å². The zero-order valence-electron chi connectivity index (χ0n) is 18.5. The van der Waals surface area contributed by atoms with Crippen LogP contribution in [0.5, 0.6) is 0 Å². The lowest BCUT2D eigenvalue weighted by Gasteiger charge is -2.21. The Morgan fingerprint density at radius 1 is 0.882 bits per heavy atom. The maximum atomic E-state index is 6.33. The number of aryl methyl sites for hydroxylation is 1. The van der Waals surface area contributed by atoms with Crippen molar-refractivity contribution in [2.24, 2.45) is 5.10 Å². The molecule has 5 aromatic rings. The Hall–Kier alpha value is -3.96. The Morgan fingerprint density at radius 3 is 2.47 bits per heavy atom. The van der Waals surface area contributed by atoms with Crippen molar-refractivity contribution in [3.8, 4) is 11.3 Å². The van der Waals surface area contributed by atoms with Gasteiger partial charge in [-0.1, -0.05) is 71.8 Å². The highest BCUT2D eigenvalue weighted by Crippen LogP contribution is 2.38. The van der Waals surface area contributed by atoms with Crippen LogP contribution in [-0.4, -0.2) is 15.7 Å². The van der Waals surface area contributed by atoms with Crippen LogP contribution in [0.15, 0.2) is 101 Å². The second-order valence-electron chi connectivity index (χ2n) is 8.39. The molecule has 0 amide bonds. The van der Waals surface area contributed by atoms with Gasteiger partial charge in [-0.05, 0) is 42.8 Å². The summed E-state index contributed by atoms with van der Waals surface area (Å²) in [4.78, 5) is 9.90. The number of benzene rings is 3. The number of rotatable bonds is 4. The number of nitrogens with zero attached hydrogens (tertiary/aromatic N) is 4. The van der Waals surface area contributed by atoms with Gasteiger partial charge in [-0.2, -0.15) is 5.10 Å². The number of hydrogen-bond acceptors (Lipinski definition) is 5. The molecule has 0 saturated heterocycles. The molecular formula is C28H21ClN4O. The minimum Gasteiger partial charge on any atom is -0.467 e. The maximum Gasteiger partial charge on any atom is 0.248 e. The molecule has 3 aromatic carbocycles. The largest absolute Gasteiger partial charge is 0.467 e. The molecule has 3 heterocycles. The van der Waals surface area contributed by atoms with Crippen molar-refractivity contribution >= 4 is 34.2 Å². The molecule has 1 aliphatic heterocycles. The molecular weight excluding hydrogens is 444 g/mol. The Morgan fingerprint density at radius 2 is 1.71 bits per heavy atom. The summed E-state index contributed by atoms with van der Waals surface area (Å²) in [5.41, 5.74) is 5.90. The first kappa shape index (κ1) is 20.6. The number of hydrazone groups is 1. The quantitative estimate of drug-likeness (QED) is 0.282. The van der Waals surface area contributed by atoms with Crippen LogP contribution in [0.3, 0.4) is 0 Å². The van der Waals surface area contributed by atoms with E-state index in [-0.39, 0.29) is 6.04 Å². The van der Waals surface area contributed by atoms with Crippen molar-refractivity contribution in [1.82, 2.24) is 9.97 Å². The van der Waals surface area contributed by atoms with Crippen LogP contribution in [0.25, 0.3) is 22.2 Å². The van der Waals surface area contributed by atoms with Gasteiger partial charge in [0.15, 0.2) is 0 Å². The molecule has 0 aliphatic carbocycles. The van der Waals surface area contributed by atoms with Crippen molar-refractivity contribution in [2.45, 2.75) is 19.4 Å². The summed E-state index contributed by atoms with van der Waals surface area (Å²) in [5, 5.41) is 8.43. The lowest BCUT2D eigenvalue weighted by Crippen LogP contribution is -2.20. The minimum atomic E-state index is -0.139. The van der Waals surface area contributed by atoms with Crippen LogP contribution < -0.4 is 5.01 Å². The first-order valence-electron chi connectivity index (χ1n) is 11.2. The number of hydrogen-bond donors (Lipinski definition) is 0. The van der Waals surface area contributed by atoms with E-state index in [0.717, 1.165) is 39.2 Å². The third-order valence-corrected chi connectivity index (χ3v) is 6.30. The van der Waals surface area contributed by atoms with E-state index in [0.29, 0.717) is 17.4 Å². The zero-order chi connectivity index (χ0) is 23.1. The average Bonchev–Trinajstić information content (AvgIpc) is 3.55. The smallest absolute Gasteiger partial charge is 0.248 e. The third kappa shape index (κ3) is 3.74. The van der Waals surface area contributed by atoms with Gasteiger partial charge in [0.2, 0.25) is 5.95 Å². The van der Waals surface area contributed by atoms with E-state index in [4.69, 9.17) is 31.1 Å². The fourth-order valence-electron chi connectivity index (χ4n) is 4.32. The van der Waals surface area contributed by atoms with Gasteiger partial charge < -0.3 is 4.42 Å². The lowest BCUT2D eigenvalue weighted by atomic mass is 10.0. The predicted molar refractivity (Wildman–Crippen MR) is 136 cm³/mol. The molecule has 5 nitrogen and oxygen atoms in total. The fourth-order valence-corrected chi connectivity index (χ4v) is 4.50. The van der Waals surface area contributed by atoms with Crippen LogP contribution in [0.4, 0.5) is 5.95 Å². The number of anilines is 1.